The lowest BCUT2D eigenvalue weighted by atomic mass is 10.2. The maximum absolute atomic E-state index is 13.8. The van der Waals surface area contributed by atoms with Crippen molar-refractivity contribution >= 4 is 23.3 Å². The lowest BCUT2D eigenvalue weighted by Gasteiger charge is -2.18. The monoisotopic (exact) mass is 293 g/mol. The fourth-order valence-electron chi connectivity index (χ4n) is 1.78. The van der Waals surface area contributed by atoms with E-state index in [0.717, 1.165) is 5.56 Å². The average molecular weight is 294 g/mol. The van der Waals surface area contributed by atoms with Crippen LogP contribution in [0, 0.1) is 5.82 Å². The maximum Gasteiger partial charge on any atom is 0.257 e. The van der Waals surface area contributed by atoms with Crippen molar-refractivity contribution in [3.63, 3.8) is 0 Å². The van der Waals surface area contributed by atoms with Gasteiger partial charge >= 0.3 is 0 Å². The molecule has 20 heavy (non-hydrogen) atoms. The van der Waals surface area contributed by atoms with Gasteiger partial charge in [0.25, 0.3) is 5.91 Å². The summed E-state index contributed by atoms with van der Waals surface area (Å²) in [6, 6.07) is 8.47. The molecule has 0 atom stereocenters. The third-order valence-corrected chi connectivity index (χ3v) is 3.23. The number of rotatable bonds is 3. The van der Waals surface area contributed by atoms with Crippen LogP contribution in [0.2, 0.25) is 5.02 Å². The lowest BCUT2D eigenvalue weighted by Crippen LogP contribution is -2.27. The standard InChI is InChI=1S/C14H13ClFN3O/c1-19(8-9-4-2-3-5-11(9)15)14(20)10-6-7-18-13(17)12(10)16/h2-7H,8H2,1H3,(H2,17,18). The van der Waals surface area contributed by atoms with Crippen LogP contribution in [-0.4, -0.2) is 22.8 Å². The number of benzene rings is 1. The third-order valence-electron chi connectivity index (χ3n) is 2.86. The van der Waals surface area contributed by atoms with Gasteiger partial charge in [-0.15, -0.1) is 0 Å². The number of aromatic nitrogens is 1. The molecule has 0 aliphatic heterocycles. The highest BCUT2D eigenvalue weighted by Crippen LogP contribution is 2.19. The van der Waals surface area contributed by atoms with Crippen LogP contribution in [-0.2, 0) is 6.54 Å². The van der Waals surface area contributed by atoms with Gasteiger partial charge in [-0.25, -0.2) is 9.37 Å². The minimum Gasteiger partial charge on any atom is -0.381 e. The zero-order chi connectivity index (χ0) is 14.7. The molecule has 4 nitrogen and oxygen atoms in total. The van der Waals surface area contributed by atoms with Crippen molar-refractivity contribution < 1.29 is 9.18 Å². The summed E-state index contributed by atoms with van der Waals surface area (Å²) in [5.41, 5.74) is 6.04. The van der Waals surface area contributed by atoms with Crippen molar-refractivity contribution in [3.8, 4) is 0 Å². The molecule has 6 heteroatoms. The Hall–Kier alpha value is -2.14. The summed E-state index contributed by atoms with van der Waals surface area (Å²) in [5.74, 6) is -1.57. The van der Waals surface area contributed by atoms with E-state index in [1.807, 2.05) is 12.1 Å². The molecule has 1 aromatic carbocycles. The number of nitrogens with two attached hydrogens (primary N) is 1. The number of nitrogen functional groups attached to an aromatic ring is 1. The zero-order valence-electron chi connectivity index (χ0n) is 10.8. The zero-order valence-corrected chi connectivity index (χ0v) is 11.6. The fourth-order valence-corrected chi connectivity index (χ4v) is 1.98. The second-order valence-electron chi connectivity index (χ2n) is 4.31. The van der Waals surface area contributed by atoms with E-state index in [4.69, 9.17) is 17.3 Å². The van der Waals surface area contributed by atoms with Gasteiger partial charge < -0.3 is 10.6 Å². The van der Waals surface area contributed by atoms with Crippen LogP contribution in [0.25, 0.3) is 0 Å². The molecular formula is C14H13ClFN3O. The molecule has 104 valence electrons. The number of nitrogens with zero attached hydrogens (tertiary/aromatic N) is 2. The largest absolute Gasteiger partial charge is 0.381 e. The lowest BCUT2D eigenvalue weighted by molar-refractivity contribution is 0.0780. The van der Waals surface area contributed by atoms with Crippen molar-refractivity contribution in [3.05, 3.63) is 58.5 Å². The first-order valence-corrected chi connectivity index (χ1v) is 6.27. The van der Waals surface area contributed by atoms with Gasteiger partial charge in [0, 0.05) is 24.8 Å². The molecule has 2 aromatic rings. The molecule has 0 saturated heterocycles. The molecule has 2 N–H and O–H groups in total. The summed E-state index contributed by atoms with van der Waals surface area (Å²) in [4.78, 5) is 17.2. The molecule has 0 fully saturated rings. The van der Waals surface area contributed by atoms with Crippen molar-refractivity contribution in [2.24, 2.45) is 0 Å². The van der Waals surface area contributed by atoms with Crippen LogP contribution in [0.15, 0.2) is 36.5 Å². The number of anilines is 1. The summed E-state index contributed by atoms with van der Waals surface area (Å²) in [5, 5.41) is 0.557. The van der Waals surface area contributed by atoms with E-state index in [1.165, 1.54) is 17.2 Å². The van der Waals surface area contributed by atoms with Gasteiger partial charge in [-0.05, 0) is 17.7 Å². The van der Waals surface area contributed by atoms with Crippen molar-refractivity contribution in [2.75, 3.05) is 12.8 Å². The Morgan fingerprint density at radius 3 is 2.80 bits per heavy atom. The molecule has 2 rings (SSSR count). The summed E-state index contributed by atoms with van der Waals surface area (Å²) >= 11 is 6.03. The molecular weight excluding hydrogens is 281 g/mol. The van der Waals surface area contributed by atoms with Gasteiger partial charge in [0.05, 0.1) is 5.56 Å². The molecule has 1 heterocycles. The quantitative estimate of drug-likeness (QED) is 0.946. The van der Waals surface area contributed by atoms with E-state index >= 15 is 0 Å². The number of carbonyl (C=O) groups excluding carboxylic acids is 1. The number of carbonyl (C=O) groups is 1. The van der Waals surface area contributed by atoms with E-state index in [-0.39, 0.29) is 17.9 Å². The van der Waals surface area contributed by atoms with Crippen LogP contribution in [0.3, 0.4) is 0 Å². The molecule has 1 amide bonds. The van der Waals surface area contributed by atoms with Crippen LogP contribution in [0.5, 0.6) is 0 Å². The Balaban J connectivity index is 2.21. The predicted octanol–water partition coefficient (Wildman–Crippen LogP) is 2.73. The number of amides is 1. The number of hydrogen-bond donors (Lipinski definition) is 1. The molecule has 0 radical (unpaired) electrons. The van der Waals surface area contributed by atoms with Gasteiger partial charge in [0.15, 0.2) is 11.6 Å². The first-order chi connectivity index (χ1) is 9.50. The fraction of sp³-hybridized carbons (Fsp3) is 0.143. The molecule has 0 aliphatic carbocycles. The Kier molecular flexibility index (Phi) is 4.20. The smallest absolute Gasteiger partial charge is 0.257 e. The van der Waals surface area contributed by atoms with E-state index in [1.54, 1.807) is 19.2 Å². The molecule has 0 aliphatic rings. The van der Waals surface area contributed by atoms with Gasteiger partial charge in [0.2, 0.25) is 0 Å². The van der Waals surface area contributed by atoms with Crippen LogP contribution >= 0.6 is 11.6 Å². The second-order valence-corrected chi connectivity index (χ2v) is 4.72. The highest BCUT2D eigenvalue weighted by atomic mass is 35.5. The first kappa shape index (κ1) is 14.3. The Bertz CT molecular complexity index is 648. The van der Waals surface area contributed by atoms with Crippen molar-refractivity contribution in [2.45, 2.75) is 6.54 Å². The molecule has 0 saturated carbocycles. The Labute approximate surface area is 121 Å². The SMILES string of the molecule is CN(Cc1ccccc1Cl)C(=O)c1ccnc(N)c1F. The summed E-state index contributed by atoms with van der Waals surface area (Å²) in [6.45, 7) is 0.278. The summed E-state index contributed by atoms with van der Waals surface area (Å²) in [7, 11) is 1.57. The molecule has 0 unspecified atom stereocenters. The molecule has 1 aromatic heterocycles. The number of pyridine rings is 1. The van der Waals surface area contributed by atoms with Gasteiger partial charge in [-0.1, -0.05) is 29.8 Å². The van der Waals surface area contributed by atoms with Crippen LogP contribution < -0.4 is 5.73 Å². The van der Waals surface area contributed by atoms with Crippen LogP contribution in [0.4, 0.5) is 10.2 Å². The topological polar surface area (TPSA) is 59.2 Å². The Morgan fingerprint density at radius 2 is 2.10 bits per heavy atom. The van der Waals surface area contributed by atoms with E-state index in [0.29, 0.717) is 5.02 Å². The molecule has 0 bridgehead atoms. The van der Waals surface area contributed by atoms with Crippen molar-refractivity contribution in [1.29, 1.82) is 0 Å². The van der Waals surface area contributed by atoms with Gasteiger partial charge in [0.1, 0.15) is 0 Å². The van der Waals surface area contributed by atoms with Crippen molar-refractivity contribution in [1.82, 2.24) is 9.88 Å². The minimum atomic E-state index is -0.802. The average Bonchev–Trinajstić information content (AvgIpc) is 2.43. The highest BCUT2D eigenvalue weighted by Gasteiger charge is 2.19. The normalized spacial score (nSPS) is 10.3. The highest BCUT2D eigenvalue weighted by molar-refractivity contribution is 6.31. The van der Waals surface area contributed by atoms with Gasteiger partial charge in [-0.2, -0.15) is 0 Å². The van der Waals surface area contributed by atoms with E-state index < -0.39 is 11.7 Å². The number of halogens is 2. The number of hydrogen-bond acceptors (Lipinski definition) is 3. The van der Waals surface area contributed by atoms with Gasteiger partial charge in [-0.3, -0.25) is 4.79 Å². The third kappa shape index (κ3) is 2.88. The first-order valence-electron chi connectivity index (χ1n) is 5.89. The van der Waals surface area contributed by atoms with Crippen LogP contribution in [0.1, 0.15) is 15.9 Å². The minimum absolute atomic E-state index is 0.105. The summed E-state index contributed by atoms with van der Waals surface area (Å²) in [6.07, 6.45) is 1.30. The summed E-state index contributed by atoms with van der Waals surface area (Å²) < 4.78 is 13.8. The predicted molar refractivity (Wildman–Crippen MR) is 75.9 cm³/mol. The second kappa shape index (κ2) is 5.88. The molecule has 0 spiro atoms. The Morgan fingerprint density at radius 1 is 1.40 bits per heavy atom. The van der Waals surface area contributed by atoms with E-state index in [2.05, 4.69) is 4.98 Å². The maximum atomic E-state index is 13.8. The van der Waals surface area contributed by atoms with E-state index in [9.17, 15) is 9.18 Å².